The molecule has 1 fully saturated rings. The van der Waals surface area contributed by atoms with E-state index in [4.69, 9.17) is 4.74 Å². The lowest BCUT2D eigenvalue weighted by molar-refractivity contribution is 0.416. The summed E-state index contributed by atoms with van der Waals surface area (Å²) in [7, 11) is -1.31. The highest BCUT2D eigenvalue weighted by Crippen LogP contribution is 2.28. The maximum absolute atomic E-state index is 11.5. The summed E-state index contributed by atoms with van der Waals surface area (Å²) < 4.78 is 28.4. The second-order valence-corrected chi connectivity index (χ2v) is 8.09. The Balaban J connectivity index is 1.75. The Kier molecular flexibility index (Phi) is 4.57. The monoisotopic (exact) mass is 348 g/mol. The zero-order valence-corrected chi connectivity index (χ0v) is 14.4. The van der Waals surface area contributed by atoms with E-state index < -0.39 is 9.84 Å². The number of anilines is 3. The third-order valence-corrected chi connectivity index (χ3v) is 5.64. The molecule has 1 aliphatic heterocycles. The molecule has 3 rings (SSSR count). The van der Waals surface area contributed by atoms with Gasteiger partial charge in [0.2, 0.25) is 0 Å². The summed E-state index contributed by atoms with van der Waals surface area (Å²) in [6.07, 6.45) is 2.04. The summed E-state index contributed by atoms with van der Waals surface area (Å²) in [4.78, 5) is 8.37. The number of hydrogen-bond acceptors (Lipinski definition) is 7. The number of sulfone groups is 1. The molecule has 1 aromatic carbocycles. The van der Waals surface area contributed by atoms with Crippen molar-refractivity contribution < 1.29 is 13.2 Å². The molecular formula is C16H20N4O3S. The molecule has 0 bridgehead atoms. The molecule has 1 unspecified atom stereocenters. The summed E-state index contributed by atoms with van der Waals surface area (Å²) in [5, 5.41) is 6.37. The third-order valence-electron chi connectivity index (χ3n) is 3.87. The molecule has 1 aromatic heterocycles. The molecule has 24 heavy (non-hydrogen) atoms. The summed E-state index contributed by atoms with van der Waals surface area (Å²) in [5.74, 6) is 2.29. The molecule has 0 radical (unpaired) electrons. The highest BCUT2D eigenvalue weighted by atomic mass is 32.2. The van der Waals surface area contributed by atoms with Crippen molar-refractivity contribution in [3.05, 3.63) is 36.2 Å². The van der Waals surface area contributed by atoms with Crippen LogP contribution in [0.25, 0.3) is 0 Å². The molecule has 7 nitrogen and oxygen atoms in total. The fourth-order valence-electron chi connectivity index (χ4n) is 2.68. The average Bonchev–Trinajstić information content (AvgIpc) is 2.87. The Morgan fingerprint density at radius 2 is 2.00 bits per heavy atom. The second-order valence-electron chi connectivity index (χ2n) is 5.86. The van der Waals surface area contributed by atoms with E-state index in [1.807, 2.05) is 25.1 Å². The topological polar surface area (TPSA) is 93.2 Å². The lowest BCUT2D eigenvalue weighted by Gasteiger charge is -2.14. The molecule has 2 heterocycles. The van der Waals surface area contributed by atoms with Crippen LogP contribution < -0.4 is 15.4 Å². The van der Waals surface area contributed by atoms with Crippen LogP contribution in [0.2, 0.25) is 0 Å². The van der Waals surface area contributed by atoms with Crippen molar-refractivity contribution in [2.45, 2.75) is 19.4 Å². The molecule has 0 aliphatic carbocycles. The van der Waals surface area contributed by atoms with E-state index in [0.717, 1.165) is 17.0 Å². The van der Waals surface area contributed by atoms with E-state index in [1.165, 1.54) is 6.33 Å². The fraction of sp³-hybridized carbons (Fsp3) is 0.375. The van der Waals surface area contributed by atoms with Gasteiger partial charge >= 0.3 is 0 Å². The normalized spacial score (nSPS) is 19.0. The lowest BCUT2D eigenvalue weighted by atomic mass is 10.2. The van der Waals surface area contributed by atoms with Crippen molar-refractivity contribution in [1.82, 2.24) is 9.97 Å². The largest absolute Gasteiger partial charge is 0.495 e. The number of ether oxygens (including phenoxy) is 1. The maximum Gasteiger partial charge on any atom is 0.152 e. The van der Waals surface area contributed by atoms with E-state index in [-0.39, 0.29) is 17.5 Å². The Bertz CT molecular complexity index is 839. The standard InChI is InChI=1S/C16H20N4O3S/c1-11-3-4-14(23-2)13(7-11)20-16-8-15(17-10-18-16)19-12-5-6-24(21,22)9-12/h3-4,7-8,10,12H,5-6,9H2,1-2H3,(H2,17,18,19,20). The number of benzene rings is 1. The van der Waals surface area contributed by atoms with Crippen molar-refractivity contribution >= 4 is 27.2 Å². The number of aromatic nitrogens is 2. The van der Waals surface area contributed by atoms with Gasteiger partial charge in [0.1, 0.15) is 23.7 Å². The molecule has 1 saturated heterocycles. The van der Waals surface area contributed by atoms with Crippen LogP contribution in [0.3, 0.4) is 0 Å². The van der Waals surface area contributed by atoms with Gasteiger partial charge in [0.15, 0.2) is 9.84 Å². The number of nitrogens with one attached hydrogen (secondary N) is 2. The summed E-state index contributed by atoms with van der Waals surface area (Å²) in [5.41, 5.74) is 1.91. The van der Waals surface area contributed by atoms with E-state index in [1.54, 1.807) is 13.2 Å². The molecule has 0 saturated carbocycles. The number of methoxy groups -OCH3 is 1. The average molecular weight is 348 g/mol. The third kappa shape index (κ3) is 3.94. The van der Waals surface area contributed by atoms with Crippen LogP contribution in [0.5, 0.6) is 5.75 Å². The van der Waals surface area contributed by atoms with Gasteiger partial charge in [-0.2, -0.15) is 0 Å². The van der Waals surface area contributed by atoms with Crippen molar-refractivity contribution in [2.75, 3.05) is 29.2 Å². The smallest absolute Gasteiger partial charge is 0.152 e. The van der Waals surface area contributed by atoms with Crippen LogP contribution >= 0.6 is 0 Å². The first-order valence-electron chi connectivity index (χ1n) is 7.66. The molecule has 128 valence electrons. The molecule has 0 amide bonds. The molecule has 8 heteroatoms. The summed E-state index contributed by atoms with van der Waals surface area (Å²) in [6, 6.07) is 7.48. The van der Waals surface area contributed by atoms with Gasteiger partial charge in [-0.15, -0.1) is 0 Å². The van der Waals surface area contributed by atoms with Gasteiger partial charge in [-0.3, -0.25) is 0 Å². The van der Waals surface area contributed by atoms with Crippen LogP contribution in [0, 0.1) is 6.92 Å². The minimum absolute atomic E-state index is 0.105. The minimum atomic E-state index is -2.93. The highest BCUT2D eigenvalue weighted by Gasteiger charge is 2.27. The van der Waals surface area contributed by atoms with Crippen LogP contribution in [-0.4, -0.2) is 43.0 Å². The van der Waals surface area contributed by atoms with Gasteiger partial charge < -0.3 is 15.4 Å². The van der Waals surface area contributed by atoms with Crippen LogP contribution in [0.15, 0.2) is 30.6 Å². The van der Waals surface area contributed by atoms with Crippen molar-refractivity contribution in [3.63, 3.8) is 0 Å². The Labute approximate surface area is 141 Å². The zero-order chi connectivity index (χ0) is 17.2. The minimum Gasteiger partial charge on any atom is -0.495 e. The SMILES string of the molecule is COc1ccc(C)cc1Nc1cc(NC2CCS(=O)(=O)C2)ncn1. The first-order chi connectivity index (χ1) is 11.4. The maximum atomic E-state index is 11.5. The van der Waals surface area contributed by atoms with E-state index in [9.17, 15) is 8.42 Å². The van der Waals surface area contributed by atoms with E-state index >= 15 is 0 Å². The van der Waals surface area contributed by atoms with Crippen molar-refractivity contribution in [1.29, 1.82) is 0 Å². The number of hydrogen-bond donors (Lipinski definition) is 2. The fourth-order valence-corrected chi connectivity index (χ4v) is 4.35. The first kappa shape index (κ1) is 16.5. The molecule has 1 atom stereocenters. The van der Waals surface area contributed by atoms with Gasteiger partial charge in [-0.25, -0.2) is 18.4 Å². The Morgan fingerprint density at radius 3 is 2.71 bits per heavy atom. The quantitative estimate of drug-likeness (QED) is 0.855. The molecule has 2 aromatic rings. The van der Waals surface area contributed by atoms with Gasteiger partial charge in [0.05, 0.1) is 24.3 Å². The van der Waals surface area contributed by atoms with E-state index in [2.05, 4.69) is 20.6 Å². The van der Waals surface area contributed by atoms with Gasteiger partial charge in [0, 0.05) is 12.1 Å². The number of aryl methyl sites for hydroxylation is 1. The molecule has 2 N–H and O–H groups in total. The lowest BCUT2D eigenvalue weighted by Crippen LogP contribution is -2.21. The summed E-state index contributed by atoms with van der Waals surface area (Å²) >= 11 is 0. The predicted molar refractivity (Wildman–Crippen MR) is 93.7 cm³/mol. The van der Waals surface area contributed by atoms with Crippen LogP contribution in [0.1, 0.15) is 12.0 Å². The molecular weight excluding hydrogens is 328 g/mol. The number of nitrogens with zero attached hydrogens (tertiary/aromatic N) is 2. The molecule has 0 spiro atoms. The van der Waals surface area contributed by atoms with Crippen LogP contribution in [0.4, 0.5) is 17.3 Å². The van der Waals surface area contributed by atoms with Gasteiger partial charge in [0.25, 0.3) is 0 Å². The predicted octanol–water partition coefficient (Wildman–Crippen LogP) is 2.14. The Morgan fingerprint density at radius 1 is 1.21 bits per heavy atom. The van der Waals surface area contributed by atoms with Gasteiger partial charge in [-0.1, -0.05) is 6.07 Å². The van der Waals surface area contributed by atoms with Crippen molar-refractivity contribution in [2.24, 2.45) is 0 Å². The molecule has 1 aliphatic rings. The Hall–Kier alpha value is -2.35. The first-order valence-corrected chi connectivity index (χ1v) is 9.48. The second kappa shape index (κ2) is 6.64. The van der Waals surface area contributed by atoms with Crippen LogP contribution in [-0.2, 0) is 9.84 Å². The van der Waals surface area contributed by atoms with Gasteiger partial charge in [-0.05, 0) is 31.0 Å². The van der Waals surface area contributed by atoms with E-state index in [0.29, 0.717) is 18.1 Å². The summed E-state index contributed by atoms with van der Waals surface area (Å²) in [6.45, 7) is 2.00. The zero-order valence-electron chi connectivity index (χ0n) is 13.6. The number of rotatable bonds is 5. The van der Waals surface area contributed by atoms with Crippen molar-refractivity contribution in [3.8, 4) is 5.75 Å². The highest BCUT2D eigenvalue weighted by molar-refractivity contribution is 7.91.